The Morgan fingerprint density at radius 1 is 1.48 bits per heavy atom. The molecule has 118 valence electrons. The van der Waals surface area contributed by atoms with Crippen LogP contribution < -0.4 is 11.1 Å². The number of anilines is 2. The molecule has 1 rings (SSSR count). The molecule has 0 bridgehead atoms. The Hall–Kier alpha value is -1.86. The van der Waals surface area contributed by atoms with Gasteiger partial charge in [0.15, 0.2) is 0 Å². The van der Waals surface area contributed by atoms with E-state index in [1.165, 1.54) is 0 Å². The van der Waals surface area contributed by atoms with E-state index in [-0.39, 0.29) is 0 Å². The summed E-state index contributed by atoms with van der Waals surface area (Å²) in [5.74, 6) is 0.0679. The van der Waals surface area contributed by atoms with Crippen LogP contribution in [0.2, 0.25) is 0 Å². The van der Waals surface area contributed by atoms with Crippen molar-refractivity contribution in [1.29, 1.82) is 0 Å². The molecule has 3 N–H and O–H groups in total. The maximum Gasteiger partial charge on any atom is 0.340 e. The first-order valence-corrected chi connectivity index (χ1v) is 6.93. The van der Waals surface area contributed by atoms with Crippen LogP contribution in [0.1, 0.15) is 17.3 Å². The first-order chi connectivity index (χ1) is 10.1. The summed E-state index contributed by atoms with van der Waals surface area (Å²) in [5.41, 5.74) is 6.60. The van der Waals surface area contributed by atoms with Gasteiger partial charge in [-0.25, -0.2) is 9.78 Å². The summed E-state index contributed by atoms with van der Waals surface area (Å²) < 4.78 is 9.97. The van der Waals surface area contributed by atoms with Gasteiger partial charge in [-0.3, -0.25) is 0 Å². The second kappa shape index (κ2) is 9.15. The van der Waals surface area contributed by atoms with E-state index in [1.807, 2.05) is 7.05 Å². The predicted molar refractivity (Wildman–Crippen MR) is 82.5 cm³/mol. The molecule has 0 aromatic carbocycles. The van der Waals surface area contributed by atoms with Gasteiger partial charge in [0.2, 0.25) is 0 Å². The average Bonchev–Trinajstić information content (AvgIpc) is 2.47. The van der Waals surface area contributed by atoms with E-state index < -0.39 is 5.97 Å². The van der Waals surface area contributed by atoms with Crippen molar-refractivity contribution < 1.29 is 14.3 Å². The van der Waals surface area contributed by atoms with E-state index in [1.54, 1.807) is 26.3 Å². The molecule has 0 spiro atoms. The summed E-state index contributed by atoms with van der Waals surface area (Å²) in [6.45, 7) is 5.09. The van der Waals surface area contributed by atoms with Crippen molar-refractivity contribution in [3.05, 3.63) is 17.8 Å². The number of aromatic nitrogens is 1. The fourth-order valence-corrected chi connectivity index (χ4v) is 1.73. The molecule has 1 heterocycles. The van der Waals surface area contributed by atoms with E-state index in [0.717, 1.165) is 13.1 Å². The minimum Gasteiger partial charge on any atom is -0.462 e. The Morgan fingerprint density at radius 3 is 2.90 bits per heavy atom. The summed E-state index contributed by atoms with van der Waals surface area (Å²) in [4.78, 5) is 18.0. The molecule has 7 nitrogen and oxygen atoms in total. The van der Waals surface area contributed by atoms with Crippen molar-refractivity contribution in [3.8, 4) is 0 Å². The van der Waals surface area contributed by atoms with E-state index >= 15 is 0 Å². The van der Waals surface area contributed by atoms with Gasteiger partial charge in [-0.05, 0) is 20.0 Å². The lowest BCUT2D eigenvalue weighted by Gasteiger charge is -2.17. The Morgan fingerprint density at radius 2 is 2.24 bits per heavy atom. The van der Waals surface area contributed by atoms with Gasteiger partial charge in [-0.2, -0.15) is 0 Å². The van der Waals surface area contributed by atoms with Gasteiger partial charge in [0.05, 0.1) is 24.5 Å². The van der Waals surface area contributed by atoms with Crippen LogP contribution in [-0.2, 0) is 9.47 Å². The summed E-state index contributed by atoms with van der Waals surface area (Å²) in [7, 11) is 3.68. The molecule has 0 radical (unpaired) electrons. The predicted octanol–water partition coefficient (Wildman–Crippen LogP) is 0.831. The summed E-state index contributed by atoms with van der Waals surface area (Å²) in [6, 6.07) is 1.56. The topological polar surface area (TPSA) is 89.7 Å². The number of nitrogens with zero attached hydrogens (tertiary/aromatic N) is 2. The summed E-state index contributed by atoms with van der Waals surface area (Å²) in [5, 5.41) is 3.13. The number of carbonyl (C=O) groups excluding carboxylic acids is 1. The number of carbonyl (C=O) groups is 1. The fraction of sp³-hybridized carbons (Fsp3) is 0.571. The van der Waals surface area contributed by atoms with Crippen LogP contribution >= 0.6 is 0 Å². The Kier molecular flexibility index (Phi) is 7.49. The fourth-order valence-electron chi connectivity index (χ4n) is 1.73. The standard InChI is InChI=1S/C14H24N4O3/c1-4-21-14(19)11-5-6-16-13(12(11)15)17-7-8-18(2)9-10-20-3/h5-6H,4,7-10,15H2,1-3H3,(H,16,17). The largest absolute Gasteiger partial charge is 0.462 e. The molecule has 21 heavy (non-hydrogen) atoms. The summed E-state index contributed by atoms with van der Waals surface area (Å²) in [6.07, 6.45) is 1.54. The molecule has 0 aliphatic carbocycles. The number of hydrogen-bond acceptors (Lipinski definition) is 7. The maximum atomic E-state index is 11.7. The van der Waals surface area contributed by atoms with Crippen molar-refractivity contribution in [3.63, 3.8) is 0 Å². The van der Waals surface area contributed by atoms with Gasteiger partial charge in [0.1, 0.15) is 5.82 Å². The molecule has 0 aliphatic heterocycles. The number of pyridine rings is 1. The number of methoxy groups -OCH3 is 1. The number of nitrogens with one attached hydrogen (secondary N) is 1. The number of esters is 1. The van der Waals surface area contributed by atoms with E-state index in [9.17, 15) is 4.79 Å². The van der Waals surface area contributed by atoms with Gasteiger partial charge in [0, 0.05) is 32.9 Å². The molecule has 1 aromatic heterocycles. The highest BCUT2D eigenvalue weighted by atomic mass is 16.5. The number of ether oxygens (including phenoxy) is 2. The molecule has 0 aliphatic rings. The van der Waals surface area contributed by atoms with Crippen LogP contribution in [0, 0.1) is 0 Å². The van der Waals surface area contributed by atoms with Crippen LogP contribution in [0.4, 0.5) is 11.5 Å². The van der Waals surface area contributed by atoms with E-state index in [2.05, 4.69) is 15.2 Å². The zero-order valence-corrected chi connectivity index (χ0v) is 12.9. The normalized spacial score (nSPS) is 10.7. The lowest BCUT2D eigenvalue weighted by atomic mass is 10.2. The minimum absolute atomic E-state index is 0.313. The third-order valence-corrected chi connectivity index (χ3v) is 2.95. The van der Waals surface area contributed by atoms with Crippen molar-refractivity contribution in [1.82, 2.24) is 9.88 Å². The van der Waals surface area contributed by atoms with Crippen LogP contribution in [0.5, 0.6) is 0 Å². The second-order valence-corrected chi connectivity index (χ2v) is 4.56. The smallest absolute Gasteiger partial charge is 0.340 e. The zero-order chi connectivity index (χ0) is 15.7. The molecular formula is C14H24N4O3. The average molecular weight is 296 g/mol. The molecule has 0 saturated carbocycles. The van der Waals surface area contributed by atoms with Crippen molar-refractivity contribution in [2.75, 3.05) is 58.1 Å². The first kappa shape index (κ1) is 17.2. The highest BCUT2D eigenvalue weighted by Crippen LogP contribution is 2.20. The summed E-state index contributed by atoms with van der Waals surface area (Å²) >= 11 is 0. The van der Waals surface area contributed by atoms with Gasteiger partial charge < -0.3 is 25.4 Å². The molecule has 0 saturated heterocycles. The van der Waals surface area contributed by atoms with E-state index in [4.69, 9.17) is 15.2 Å². The lowest BCUT2D eigenvalue weighted by Crippen LogP contribution is -2.28. The number of hydrogen-bond donors (Lipinski definition) is 2. The lowest BCUT2D eigenvalue weighted by molar-refractivity contribution is 0.0527. The van der Waals surface area contributed by atoms with Gasteiger partial charge >= 0.3 is 5.97 Å². The van der Waals surface area contributed by atoms with Gasteiger partial charge in [0.25, 0.3) is 0 Å². The van der Waals surface area contributed by atoms with Crippen LogP contribution in [-0.4, -0.2) is 62.9 Å². The number of nitrogens with two attached hydrogens (primary N) is 1. The van der Waals surface area contributed by atoms with Gasteiger partial charge in [-0.15, -0.1) is 0 Å². The Balaban J connectivity index is 2.56. The van der Waals surface area contributed by atoms with Crippen LogP contribution in [0.3, 0.4) is 0 Å². The third kappa shape index (κ3) is 5.57. The molecule has 1 aromatic rings. The molecule has 7 heteroatoms. The maximum absolute atomic E-state index is 11.7. The monoisotopic (exact) mass is 296 g/mol. The van der Waals surface area contributed by atoms with Crippen LogP contribution in [0.15, 0.2) is 12.3 Å². The van der Waals surface area contributed by atoms with Crippen molar-refractivity contribution in [2.45, 2.75) is 6.92 Å². The number of rotatable bonds is 9. The second-order valence-electron chi connectivity index (χ2n) is 4.56. The molecule has 0 atom stereocenters. The third-order valence-electron chi connectivity index (χ3n) is 2.95. The van der Waals surface area contributed by atoms with Gasteiger partial charge in [-0.1, -0.05) is 0 Å². The molecule has 0 unspecified atom stereocenters. The zero-order valence-electron chi connectivity index (χ0n) is 12.9. The first-order valence-electron chi connectivity index (χ1n) is 6.93. The number of nitrogen functional groups attached to an aromatic ring is 1. The quantitative estimate of drug-likeness (QED) is 0.652. The molecule has 0 amide bonds. The minimum atomic E-state index is -0.433. The SMILES string of the molecule is CCOC(=O)c1ccnc(NCCN(C)CCOC)c1N. The number of likely N-dealkylation sites (N-methyl/N-ethyl adjacent to an activating group) is 1. The Labute approximate surface area is 125 Å². The van der Waals surface area contributed by atoms with Crippen molar-refractivity contribution in [2.24, 2.45) is 0 Å². The molecular weight excluding hydrogens is 272 g/mol. The van der Waals surface area contributed by atoms with Crippen LogP contribution in [0.25, 0.3) is 0 Å². The van der Waals surface area contributed by atoms with Crippen molar-refractivity contribution >= 4 is 17.5 Å². The Bertz CT molecular complexity index is 454. The molecule has 0 fully saturated rings. The highest BCUT2D eigenvalue weighted by molar-refractivity contribution is 5.97. The van der Waals surface area contributed by atoms with E-state index in [0.29, 0.717) is 36.8 Å². The highest BCUT2D eigenvalue weighted by Gasteiger charge is 2.14.